The van der Waals surface area contributed by atoms with E-state index in [2.05, 4.69) is 27.3 Å². The monoisotopic (exact) mass is 381 g/mol. The van der Waals surface area contributed by atoms with Crippen molar-refractivity contribution in [2.24, 2.45) is 0 Å². The largest absolute Gasteiger partial charge is 0.395 e. The third-order valence-electron chi connectivity index (χ3n) is 5.37. The summed E-state index contributed by atoms with van der Waals surface area (Å²) in [5.74, 6) is -0.249. The van der Waals surface area contributed by atoms with Gasteiger partial charge in [0.15, 0.2) is 0 Å². The Morgan fingerprint density at radius 2 is 2.14 bits per heavy atom. The molecule has 0 spiro atoms. The quantitative estimate of drug-likeness (QED) is 0.631. The van der Waals surface area contributed by atoms with Gasteiger partial charge in [0.2, 0.25) is 0 Å². The van der Waals surface area contributed by atoms with E-state index in [0.717, 1.165) is 36.8 Å². The predicted octanol–water partition coefficient (Wildman–Crippen LogP) is 3.73. The van der Waals surface area contributed by atoms with Gasteiger partial charge in [-0.2, -0.15) is 0 Å². The van der Waals surface area contributed by atoms with E-state index in [9.17, 15) is 14.3 Å². The summed E-state index contributed by atoms with van der Waals surface area (Å²) in [7, 11) is 0. The fraction of sp³-hybridized carbons (Fsp3) is 0.318. The Labute approximate surface area is 163 Å². The Hall–Kier alpha value is -2.70. The van der Waals surface area contributed by atoms with E-state index in [0.29, 0.717) is 23.8 Å². The number of anilines is 1. The average Bonchev–Trinajstić information content (AvgIpc) is 3.12. The number of piperidine rings is 1. The van der Waals surface area contributed by atoms with E-state index in [4.69, 9.17) is 0 Å². The van der Waals surface area contributed by atoms with Crippen molar-refractivity contribution in [3.05, 3.63) is 65.6 Å². The highest BCUT2D eigenvalue weighted by Gasteiger charge is 2.21. The van der Waals surface area contributed by atoms with Crippen LogP contribution in [0.1, 0.15) is 34.8 Å². The zero-order valence-corrected chi connectivity index (χ0v) is 15.6. The molecule has 2 aromatic carbocycles. The molecule has 1 saturated heterocycles. The van der Waals surface area contributed by atoms with Crippen LogP contribution in [0.2, 0.25) is 0 Å². The lowest BCUT2D eigenvalue weighted by Crippen LogP contribution is -2.36. The van der Waals surface area contributed by atoms with Gasteiger partial charge in [-0.3, -0.25) is 4.79 Å². The molecule has 0 bridgehead atoms. The van der Waals surface area contributed by atoms with Gasteiger partial charge >= 0.3 is 0 Å². The predicted molar refractivity (Wildman–Crippen MR) is 108 cm³/mol. The molecule has 1 amide bonds. The van der Waals surface area contributed by atoms with Gasteiger partial charge in [0.25, 0.3) is 5.91 Å². The van der Waals surface area contributed by atoms with Crippen molar-refractivity contribution < 1.29 is 14.3 Å². The van der Waals surface area contributed by atoms with Crippen LogP contribution in [0.4, 0.5) is 10.1 Å². The van der Waals surface area contributed by atoms with Crippen LogP contribution >= 0.6 is 0 Å². The molecule has 1 aliphatic heterocycles. The van der Waals surface area contributed by atoms with Crippen LogP contribution in [-0.2, 0) is 0 Å². The third-order valence-corrected chi connectivity index (χ3v) is 5.37. The second-order valence-corrected chi connectivity index (χ2v) is 7.36. The van der Waals surface area contributed by atoms with Crippen LogP contribution < -0.4 is 5.32 Å². The number of aliphatic hydroxyl groups is 1. The Bertz CT molecular complexity index is 983. The first kappa shape index (κ1) is 18.7. The molecular weight excluding hydrogens is 357 g/mol. The average molecular weight is 381 g/mol. The molecule has 1 atom stereocenters. The molecular formula is C22H24FN3O2. The smallest absolute Gasteiger partial charge is 0.272 e. The fourth-order valence-corrected chi connectivity index (χ4v) is 3.96. The number of halogens is 1. The number of hydrogen-bond donors (Lipinski definition) is 3. The number of aromatic amines is 1. The second-order valence-electron chi connectivity index (χ2n) is 7.36. The standard InChI is InChI=1S/C22H24FN3O2/c23-18-4-1-5-19(13-18)24-22(28)21-12-17-11-15(6-7-20(17)25-21)16-3-2-8-26(14-16)9-10-27/h1,4-7,11-13,16,25,27H,2-3,8-10,14H2,(H,24,28)/t16-/m0/s1. The number of carbonyl (C=O) groups excluding carboxylic acids is 1. The van der Waals surface area contributed by atoms with Gasteiger partial charge in [-0.25, -0.2) is 4.39 Å². The first-order chi connectivity index (χ1) is 13.6. The molecule has 146 valence electrons. The van der Waals surface area contributed by atoms with Crippen molar-refractivity contribution in [2.45, 2.75) is 18.8 Å². The maximum atomic E-state index is 13.3. The lowest BCUT2D eigenvalue weighted by molar-refractivity contribution is 0.102. The topological polar surface area (TPSA) is 68.4 Å². The SMILES string of the molecule is O=C(Nc1cccc(F)c1)c1cc2cc([C@H]3CCCN(CCO)C3)ccc2[nH]1. The maximum Gasteiger partial charge on any atom is 0.272 e. The number of rotatable bonds is 5. The normalized spacial score (nSPS) is 17.7. The van der Waals surface area contributed by atoms with Crippen molar-refractivity contribution in [2.75, 3.05) is 31.6 Å². The van der Waals surface area contributed by atoms with Gasteiger partial charge in [0.05, 0.1) is 6.61 Å². The third kappa shape index (κ3) is 4.08. The Balaban J connectivity index is 1.52. The summed E-state index contributed by atoms with van der Waals surface area (Å²) in [5, 5.41) is 12.9. The Morgan fingerprint density at radius 1 is 1.25 bits per heavy atom. The number of benzene rings is 2. The lowest BCUT2D eigenvalue weighted by atomic mass is 9.90. The highest BCUT2D eigenvalue weighted by molar-refractivity contribution is 6.06. The molecule has 1 fully saturated rings. The summed E-state index contributed by atoms with van der Waals surface area (Å²) in [6.07, 6.45) is 2.25. The minimum atomic E-state index is -0.387. The van der Waals surface area contributed by atoms with Crippen LogP contribution in [0.5, 0.6) is 0 Å². The van der Waals surface area contributed by atoms with E-state index in [1.807, 2.05) is 12.1 Å². The molecule has 28 heavy (non-hydrogen) atoms. The molecule has 3 aromatic rings. The van der Waals surface area contributed by atoms with Gasteiger partial charge < -0.3 is 20.3 Å². The molecule has 0 saturated carbocycles. The van der Waals surface area contributed by atoms with Crippen molar-refractivity contribution in [3.63, 3.8) is 0 Å². The van der Waals surface area contributed by atoms with Crippen LogP contribution in [-0.4, -0.2) is 47.1 Å². The van der Waals surface area contributed by atoms with E-state index in [-0.39, 0.29) is 18.3 Å². The number of amides is 1. The molecule has 4 rings (SSSR count). The van der Waals surface area contributed by atoms with Gasteiger partial charge in [-0.1, -0.05) is 12.1 Å². The number of β-amino-alcohol motifs (C(OH)–C–C–N with tert-alkyl or cyclic N) is 1. The molecule has 1 aromatic heterocycles. The summed E-state index contributed by atoms with van der Waals surface area (Å²) >= 11 is 0. The summed E-state index contributed by atoms with van der Waals surface area (Å²) < 4.78 is 13.3. The van der Waals surface area contributed by atoms with Gasteiger partial charge in [0.1, 0.15) is 11.5 Å². The summed E-state index contributed by atoms with van der Waals surface area (Å²) in [4.78, 5) is 17.9. The lowest BCUT2D eigenvalue weighted by Gasteiger charge is -2.32. The van der Waals surface area contributed by atoms with E-state index in [1.165, 1.54) is 17.7 Å². The van der Waals surface area contributed by atoms with Crippen LogP contribution in [0, 0.1) is 5.82 Å². The zero-order valence-electron chi connectivity index (χ0n) is 15.6. The van der Waals surface area contributed by atoms with Crippen molar-refractivity contribution in [1.29, 1.82) is 0 Å². The Kier molecular flexibility index (Phi) is 5.41. The fourth-order valence-electron chi connectivity index (χ4n) is 3.96. The van der Waals surface area contributed by atoms with Crippen molar-refractivity contribution >= 4 is 22.5 Å². The van der Waals surface area contributed by atoms with Gasteiger partial charge in [0, 0.05) is 29.7 Å². The summed E-state index contributed by atoms with van der Waals surface area (Å²) in [5.41, 5.74) is 3.03. The number of H-pyrrole nitrogens is 1. The summed E-state index contributed by atoms with van der Waals surface area (Å²) in [6.45, 7) is 2.89. The first-order valence-corrected chi connectivity index (χ1v) is 9.65. The van der Waals surface area contributed by atoms with Crippen LogP contribution in [0.3, 0.4) is 0 Å². The number of nitrogens with zero attached hydrogens (tertiary/aromatic N) is 1. The number of fused-ring (bicyclic) bond motifs is 1. The minimum Gasteiger partial charge on any atom is -0.395 e. The number of likely N-dealkylation sites (tertiary alicyclic amines) is 1. The zero-order chi connectivity index (χ0) is 19.5. The van der Waals surface area contributed by atoms with Gasteiger partial charge in [-0.15, -0.1) is 0 Å². The number of aliphatic hydroxyl groups excluding tert-OH is 1. The van der Waals surface area contributed by atoms with E-state index < -0.39 is 0 Å². The van der Waals surface area contributed by atoms with E-state index in [1.54, 1.807) is 12.1 Å². The number of hydrogen-bond acceptors (Lipinski definition) is 3. The summed E-state index contributed by atoms with van der Waals surface area (Å²) in [6, 6.07) is 13.9. The number of nitrogens with one attached hydrogen (secondary N) is 2. The molecule has 0 aliphatic carbocycles. The number of aromatic nitrogens is 1. The molecule has 0 radical (unpaired) electrons. The molecule has 2 heterocycles. The second kappa shape index (κ2) is 8.12. The van der Waals surface area contributed by atoms with Crippen molar-refractivity contribution in [1.82, 2.24) is 9.88 Å². The van der Waals surface area contributed by atoms with E-state index >= 15 is 0 Å². The van der Waals surface area contributed by atoms with Crippen LogP contribution in [0.15, 0.2) is 48.5 Å². The maximum absolute atomic E-state index is 13.3. The molecule has 6 heteroatoms. The molecule has 0 unspecified atom stereocenters. The minimum absolute atomic E-state index is 0.188. The molecule has 1 aliphatic rings. The highest BCUT2D eigenvalue weighted by atomic mass is 19.1. The highest BCUT2D eigenvalue weighted by Crippen LogP contribution is 2.29. The van der Waals surface area contributed by atoms with Gasteiger partial charge in [-0.05, 0) is 67.3 Å². The number of carbonyl (C=O) groups is 1. The Morgan fingerprint density at radius 3 is 2.96 bits per heavy atom. The molecule has 3 N–H and O–H groups in total. The first-order valence-electron chi connectivity index (χ1n) is 9.65. The van der Waals surface area contributed by atoms with Crippen LogP contribution in [0.25, 0.3) is 10.9 Å². The molecule has 5 nitrogen and oxygen atoms in total. The van der Waals surface area contributed by atoms with Crippen molar-refractivity contribution in [3.8, 4) is 0 Å².